The van der Waals surface area contributed by atoms with E-state index in [2.05, 4.69) is 9.97 Å². The van der Waals surface area contributed by atoms with Crippen molar-refractivity contribution in [3.63, 3.8) is 0 Å². The molecule has 0 aliphatic rings. The van der Waals surface area contributed by atoms with E-state index in [0.717, 1.165) is 17.0 Å². The first kappa shape index (κ1) is 11.9. The molecule has 5 nitrogen and oxygen atoms in total. The van der Waals surface area contributed by atoms with Gasteiger partial charge in [-0.1, -0.05) is 0 Å². The van der Waals surface area contributed by atoms with Gasteiger partial charge < -0.3 is 4.74 Å². The Morgan fingerprint density at radius 1 is 1.21 bits per heavy atom. The molecule has 0 aliphatic heterocycles. The topological polar surface area (TPSA) is 56.5 Å². The summed E-state index contributed by atoms with van der Waals surface area (Å²) in [6, 6.07) is 7.31. The highest BCUT2D eigenvalue weighted by Crippen LogP contribution is 2.20. The lowest BCUT2D eigenvalue weighted by molar-refractivity contribution is 0.415. The number of nitrogens with zero attached hydrogens (tertiary/aromatic N) is 3. The van der Waals surface area contributed by atoms with Crippen molar-refractivity contribution in [1.29, 1.82) is 0 Å². The third-order valence-corrected chi connectivity index (χ3v) is 3.77. The van der Waals surface area contributed by atoms with Crippen molar-refractivity contribution in [3.05, 3.63) is 45.8 Å². The predicted molar refractivity (Wildman–Crippen MR) is 73.9 cm³/mol. The Bertz CT molecular complexity index is 790. The molecule has 96 valence electrons. The Balaban J connectivity index is 2.17. The molecule has 2 heterocycles. The van der Waals surface area contributed by atoms with Crippen molar-refractivity contribution in [2.24, 2.45) is 0 Å². The zero-order valence-corrected chi connectivity index (χ0v) is 11.3. The van der Waals surface area contributed by atoms with Crippen LogP contribution in [0.4, 0.5) is 0 Å². The summed E-state index contributed by atoms with van der Waals surface area (Å²) in [7, 11) is 1.61. The largest absolute Gasteiger partial charge is 0.497 e. The molecule has 2 aromatic heterocycles. The Hall–Kier alpha value is -2.21. The third-order valence-electron chi connectivity index (χ3n) is 2.82. The second-order valence-corrected chi connectivity index (χ2v) is 4.89. The van der Waals surface area contributed by atoms with E-state index in [1.54, 1.807) is 7.11 Å². The standard InChI is InChI=1S/C13H11N3O2S/c1-8-7-19-13-15-11(14-12(17)16(8)13)9-3-5-10(18-2)6-4-9/h3-7H,1-2H3. The van der Waals surface area contributed by atoms with Crippen LogP contribution in [0.1, 0.15) is 5.69 Å². The maximum atomic E-state index is 12.0. The van der Waals surface area contributed by atoms with E-state index in [1.165, 1.54) is 15.7 Å². The van der Waals surface area contributed by atoms with Gasteiger partial charge in [-0.05, 0) is 31.2 Å². The van der Waals surface area contributed by atoms with Gasteiger partial charge in [0.15, 0.2) is 10.8 Å². The summed E-state index contributed by atoms with van der Waals surface area (Å²) in [4.78, 5) is 21.1. The van der Waals surface area contributed by atoms with Crippen molar-refractivity contribution in [3.8, 4) is 17.1 Å². The number of hydrogen-bond donors (Lipinski definition) is 0. The van der Waals surface area contributed by atoms with Gasteiger partial charge in [0.25, 0.3) is 0 Å². The second kappa shape index (κ2) is 4.47. The minimum atomic E-state index is -0.297. The molecule has 0 unspecified atom stereocenters. The molecule has 19 heavy (non-hydrogen) atoms. The SMILES string of the molecule is COc1ccc(-c2nc(=O)n3c(C)csc3n2)cc1. The number of fused-ring (bicyclic) bond motifs is 1. The summed E-state index contributed by atoms with van der Waals surface area (Å²) < 4.78 is 6.61. The second-order valence-electron chi connectivity index (χ2n) is 4.05. The van der Waals surface area contributed by atoms with E-state index in [-0.39, 0.29) is 5.69 Å². The smallest absolute Gasteiger partial charge is 0.356 e. The Morgan fingerprint density at radius 2 is 1.95 bits per heavy atom. The number of hydrogen-bond acceptors (Lipinski definition) is 5. The van der Waals surface area contributed by atoms with Crippen molar-refractivity contribution < 1.29 is 4.74 Å². The summed E-state index contributed by atoms with van der Waals surface area (Å²) >= 11 is 1.43. The average molecular weight is 273 g/mol. The molecule has 1 aromatic carbocycles. The van der Waals surface area contributed by atoms with Crippen molar-refractivity contribution >= 4 is 16.3 Å². The summed E-state index contributed by atoms with van der Waals surface area (Å²) in [5.41, 5.74) is 1.35. The fourth-order valence-corrected chi connectivity index (χ4v) is 2.68. The van der Waals surface area contributed by atoms with Crippen LogP contribution in [-0.4, -0.2) is 21.5 Å². The van der Waals surface area contributed by atoms with Crippen LogP contribution < -0.4 is 10.4 Å². The van der Waals surface area contributed by atoms with Gasteiger partial charge >= 0.3 is 5.69 Å². The first-order valence-corrected chi connectivity index (χ1v) is 6.56. The van der Waals surface area contributed by atoms with E-state index in [4.69, 9.17) is 4.74 Å². The molecule has 0 radical (unpaired) electrons. The maximum absolute atomic E-state index is 12.0. The molecule has 3 aromatic rings. The number of ether oxygens (including phenoxy) is 1. The van der Waals surface area contributed by atoms with Crippen LogP contribution in [0.3, 0.4) is 0 Å². The van der Waals surface area contributed by atoms with Gasteiger partial charge in [0, 0.05) is 16.6 Å². The summed E-state index contributed by atoms with van der Waals surface area (Å²) in [5.74, 6) is 1.20. The van der Waals surface area contributed by atoms with Crippen LogP contribution in [0.5, 0.6) is 5.75 Å². The number of aryl methyl sites for hydroxylation is 1. The minimum absolute atomic E-state index is 0.297. The summed E-state index contributed by atoms with van der Waals surface area (Å²) in [5, 5.41) is 1.89. The first-order chi connectivity index (χ1) is 9.19. The highest BCUT2D eigenvalue weighted by molar-refractivity contribution is 7.15. The van der Waals surface area contributed by atoms with Crippen LogP contribution >= 0.6 is 11.3 Å². The highest BCUT2D eigenvalue weighted by atomic mass is 32.1. The number of rotatable bonds is 2. The van der Waals surface area contributed by atoms with E-state index in [1.807, 2.05) is 36.6 Å². The monoisotopic (exact) mass is 273 g/mol. The molecule has 3 rings (SSSR count). The number of thiazole rings is 1. The van der Waals surface area contributed by atoms with E-state index < -0.39 is 0 Å². The number of aromatic nitrogens is 3. The molecular formula is C13H11N3O2S. The zero-order chi connectivity index (χ0) is 13.4. The van der Waals surface area contributed by atoms with Crippen LogP contribution in [-0.2, 0) is 0 Å². The fraction of sp³-hybridized carbons (Fsp3) is 0.154. The number of benzene rings is 1. The first-order valence-electron chi connectivity index (χ1n) is 5.68. The fourth-order valence-electron chi connectivity index (χ4n) is 1.83. The zero-order valence-electron chi connectivity index (χ0n) is 10.5. The molecule has 0 saturated carbocycles. The maximum Gasteiger partial charge on any atom is 0.356 e. The van der Waals surface area contributed by atoms with Crippen LogP contribution in [0.25, 0.3) is 16.3 Å². The van der Waals surface area contributed by atoms with Crippen LogP contribution in [0.2, 0.25) is 0 Å². The molecular weight excluding hydrogens is 262 g/mol. The highest BCUT2D eigenvalue weighted by Gasteiger charge is 2.09. The molecule has 0 amide bonds. The molecule has 0 bridgehead atoms. The molecule has 0 saturated heterocycles. The van der Waals surface area contributed by atoms with Gasteiger partial charge in [-0.25, -0.2) is 9.20 Å². The van der Waals surface area contributed by atoms with E-state index in [0.29, 0.717) is 10.8 Å². The Morgan fingerprint density at radius 3 is 2.63 bits per heavy atom. The van der Waals surface area contributed by atoms with Gasteiger partial charge in [0.05, 0.1) is 7.11 Å². The predicted octanol–water partition coefficient (Wildman–Crippen LogP) is 2.14. The third kappa shape index (κ3) is 2.00. The molecule has 0 atom stereocenters. The van der Waals surface area contributed by atoms with Crippen molar-refractivity contribution in [2.75, 3.05) is 7.11 Å². The normalized spacial score (nSPS) is 10.8. The van der Waals surface area contributed by atoms with Crippen LogP contribution in [0, 0.1) is 6.92 Å². The lowest BCUT2D eigenvalue weighted by Gasteiger charge is -2.02. The van der Waals surface area contributed by atoms with Gasteiger partial charge in [0.2, 0.25) is 0 Å². The quantitative estimate of drug-likeness (QED) is 0.717. The van der Waals surface area contributed by atoms with Gasteiger partial charge in [-0.15, -0.1) is 11.3 Å². The van der Waals surface area contributed by atoms with Gasteiger partial charge in [0.1, 0.15) is 5.75 Å². The summed E-state index contributed by atoms with van der Waals surface area (Å²) in [6.45, 7) is 1.86. The molecule has 0 spiro atoms. The van der Waals surface area contributed by atoms with E-state index >= 15 is 0 Å². The Kier molecular flexibility index (Phi) is 2.79. The lowest BCUT2D eigenvalue weighted by atomic mass is 10.2. The molecule has 0 aliphatic carbocycles. The van der Waals surface area contributed by atoms with Crippen LogP contribution in [0.15, 0.2) is 34.4 Å². The summed E-state index contributed by atoms with van der Waals surface area (Å²) in [6.07, 6.45) is 0. The number of methoxy groups -OCH3 is 1. The Labute approximate surface area is 113 Å². The van der Waals surface area contributed by atoms with E-state index in [9.17, 15) is 4.79 Å². The minimum Gasteiger partial charge on any atom is -0.497 e. The van der Waals surface area contributed by atoms with Crippen molar-refractivity contribution in [2.45, 2.75) is 6.92 Å². The molecule has 6 heteroatoms. The van der Waals surface area contributed by atoms with Gasteiger partial charge in [-0.3, -0.25) is 0 Å². The van der Waals surface area contributed by atoms with Crippen molar-refractivity contribution in [1.82, 2.24) is 14.4 Å². The van der Waals surface area contributed by atoms with Gasteiger partial charge in [-0.2, -0.15) is 9.97 Å². The average Bonchev–Trinajstić information content (AvgIpc) is 2.81. The molecule has 0 fully saturated rings. The lowest BCUT2D eigenvalue weighted by Crippen LogP contribution is -2.18. The molecule has 0 N–H and O–H groups in total.